The second-order valence-electron chi connectivity index (χ2n) is 5.64. The molecular formula is C16H25N3O2. The van der Waals surface area contributed by atoms with Gasteiger partial charge >= 0.3 is 0 Å². The van der Waals surface area contributed by atoms with Crippen LogP contribution in [0.3, 0.4) is 0 Å². The maximum Gasteiger partial charge on any atom is 0.220 e. The Kier molecular flexibility index (Phi) is 6.47. The zero-order chi connectivity index (χ0) is 14.9. The van der Waals surface area contributed by atoms with Crippen molar-refractivity contribution in [2.75, 3.05) is 31.6 Å². The fraction of sp³-hybridized carbons (Fsp3) is 0.625. The lowest BCUT2D eigenvalue weighted by molar-refractivity contribution is -0.123. The minimum atomic E-state index is 0.138. The van der Waals surface area contributed by atoms with E-state index in [1.54, 1.807) is 0 Å². The van der Waals surface area contributed by atoms with Gasteiger partial charge in [-0.2, -0.15) is 0 Å². The Balaban J connectivity index is 1.52. The van der Waals surface area contributed by atoms with Gasteiger partial charge in [0.05, 0.1) is 0 Å². The first kappa shape index (κ1) is 15.8. The smallest absolute Gasteiger partial charge is 0.220 e. The van der Waals surface area contributed by atoms with Crippen LogP contribution in [0.25, 0.3) is 0 Å². The molecule has 5 nitrogen and oxygen atoms in total. The number of amides is 1. The highest BCUT2D eigenvalue weighted by molar-refractivity contribution is 5.76. The molecule has 1 aliphatic rings. The minimum Gasteiger partial charge on any atom is -0.381 e. The lowest BCUT2D eigenvalue weighted by atomic mass is 9.98. The third kappa shape index (κ3) is 6.12. The summed E-state index contributed by atoms with van der Waals surface area (Å²) >= 11 is 0. The van der Waals surface area contributed by atoms with Gasteiger partial charge in [0.2, 0.25) is 5.91 Å². The molecule has 1 aromatic rings. The van der Waals surface area contributed by atoms with Crippen molar-refractivity contribution < 1.29 is 9.53 Å². The number of pyridine rings is 1. The van der Waals surface area contributed by atoms with Crippen molar-refractivity contribution in [3.63, 3.8) is 0 Å². The molecule has 0 aromatic carbocycles. The van der Waals surface area contributed by atoms with E-state index >= 15 is 0 Å². The van der Waals surface area contributed by atoms with Gasteiger partial charge in [0.25, 0.3) is 0 Å². The van der Waals surface area contributed by atoms with E-state index in [2.05, 4.69) is 15.6 Å². The van der Waals surface area contributed by atoms with E-state index in [-0.39, 0.29) is 5.91 Å². The van der Waals surface area contributed by atoms with Gasteiger partial charge in [0, 0.05) is 38.9 Å². The van der Waals surface area contributed by atoms with Crippen molar-refractivity contribution in [3.8, 4) is 0 Å². The maximum atomic E-state index is 11.8. The molecule has 0 bridgehead atoms. The number of nitrogens with one attached hydrogen (secondary N) is 2. The largest absolute Gasteiger partial charge is 0.381 e. The first-order valence-electron chi connectivity index (χ1n) is 7.75. The Bertz CT molecular complexity index is 428. The number of ether oxygens (including phenoxy) is 1. The highest BCUT2D eigenvalue weighted by Gasteiger charge is 2.16. The quantitative estimate of drug-likeness (QED) is 0.755. The summed E-state index contributed by atoms with van der Waals surface area (Å²) in [5.74, 6) is 1.42. The van der Waals surface area contributed by atoms with E-state index in [0.29, 0.717) is 18.9 Å². The molecule has 1 aromatic heterocycles. The van der Waals surface area contributed by atoms with Gasteiger partial charge in [0.15, 0.2) is 0 Å². The average molecular weight is 291 g/mol. The van der Waals surface area contributed by atoms with Gasteiger partial charge in [-0.25, -0.2) is 4.98 Å². The van der Waals surface area contributed by atoms with E-state index in [9.17, 15) is 4.79 Å². The van der Waals surface area contributed by atoms with Crippen LogP contribution in [0, 0.1) is 12.8 Å². The average Bonchev–Trinajstić information content (AvgIpc) is 2.50. The molecule has 1 fully saturated rings. The predicted octanol–water partition coefficient (Wildman–Crippen LogP) is 2.12. The summed E-state index contributed by atoms with van der Waals surface area (Å²) in [6.07, 6.45) is 5.51. The fourth-order valence-corrected chi connectivity index (χ4v) is 2.41. The van der Waals surface area contributed by atoms with Crippen molar-refractivity contribution in [3.05, 3.63) is 23.9 Å². The monoisotopic (exact) mass is 291 g/mol. The highest BCUT2D eigenvalue weighted by atomic mass is 16.5. The second-order valence-corrected chi connectivity index (χ2v) is 5.64. The van der Waals surface area contributed by atoms with Gasteiger partial charge in [0.1, 0.15) is 5.82 Å². The van der Waals surface area contributed by atoms with Crippen LogP contribution in [0.2, 0.25) is 0 Å². The molecule has 1 aliphatic heterocycles. The fourth-order valence-electron chi connectivity index (χ4n) is 2.41. The van der Waals surface area contributed by atoms with Crippen molar-refractivity contribution in [1.29, 1.82) is 0 Å². The molecule has 1 saturated heterocycles. The van der Waals surface area contributed by atoms with Crippen LogP contribution in [0.5, 0.6) is 0 Å². The first-order valence-corrected chi connectivity index (χ1v) is 7.75. The highest BCUT2D eigenvalue weighted by Crippen LogP contribution is 2.16. The molecule has 0 spiro atoms. The van der Waals surface area contributed by atoms with Crippen molar-refractivity contribution >= 4 is 11.7 Å². The molecule has 0 aliphatic carbocycles. The normalized spacial score (nSPS) is 18.2. The molecule has 0 saturated carbocycles. The number of hydrogen-bond acceptors (Lipinski definition) is 4. The number of carbonyl (C=O) groups excluding carboxylic acids is 1. The van der Waals surface area contributed by atoms with Crippen molar-refractivity contribution in [1.82, 2.24) is 10.3 Å². The molecular weight excluding hydrogens is 266 g/mol. The molecule has 1 amide bonds. The Labute approximate surface area is 126 Å². The van der Waals surface area contributed by atoms with Gasteiger partial charge < -0.3 is 15.4 Å². The summed E-state index contributed by atoms with van der Waals surface area (Å²) < 4.78 is 5.39. The van der Waals surface area contributed by atoms with Crippen LogP contribution in [0.4, 0.5) is 5.82 Å². The summed E-state index contributed by atoms with van der Waals surface area (Å²) in [6, 6.07) is 4.00. The molecule has 1 atom stereocenters. The lowest BCUT2D eigenvalue weighted by Gasteiger charge is -2.21. The van der Waals surface area contributed by atoms with Crippen LogP contribution in [-0.2, 0) is 9.53 Å². The third-order valence-electron chi connectivity index (χ3n) is 3.62. The second kappa shape index (κ2) is 8.62. The Morgan fingerprint density at radius 2 is 2.33 bits per heavy atom. The van der Waals surface area contributed by atoms with Crippen LogP contribution < -0.4 is 10.6 Å². The standard InChI is InChI=1S/C16H25N3O2/c1-13-5-6-15(19-11-13)17-7-3-8-18-16(20)10-14-4-2-9-21-12-14/h5-6,11,14H,2-4,7-10,12H2,1H3,(H,17,19)(H,18,20). The molecule has 5 heteroatoms. The van der Waals surface area contributed by atoms with E-state index in [4.69, 9.17) is 4.74 Å². The van der Waals surface area contributed by atoms with E-state index in [0.717, 1.165) is 50.4 Å². The molecule has 116 valence electrons. The van der Waals surface area contributed by atoms with E-state index in [1.807, 2.05) is 25.3 Å². The molecule has 2 N–H and O–H groups in total. The van der Waals surface area contributed by atoms with Crippen LogP contribution in [0.1, 0.15) is 31.2 Å². The number of aryl methyl sites for hydroxylation is 1. The SMILES string of the molecule is Cc1ccc(NCCCNC(=O)CC2CCCOC2)nc1. The number of anilines is 1. The third-order valence-corrected chi connectivity index (χ3v) is 3.62. The van der Waals surface area contributed by atoms with E-state index < -0.39 is 0 Å². The number of rotatable bonds is 7. The maximum absolute atomic E-state index is 11.8. The summed E-state index contributed by atoms with van der Waals surface area (Å²) in [7, 11) is 0. The topological polar surface area (TPSA) is 63.2 Å². The van der Waals surface area contributed by atoms with Crippen molar-refractivity contribution in [2.45, 2.75) is 32.6 Å². The molecule has 21 heavy (non-hydrogen) atoms. The van der Waals surface area contributed by atoms with Crippen LogP contribution >= 0.6 is 0 Å². The van der Waals surface area contributed by atoms with Crippen LogP contribution in [-0.4, -0.2) is 37.2 Å². The zero-order valence-corrected chi connectivity index (χ0v) is 12.7. The van der Waals surface area contributed by atoms with Crippen molar-refractivity contribution in [2.24, 2.45) is 5.92 Å². The summed E-state index contributed by atoms with van der Waals surface area (Å²) in [5, 5.41) is 6.22. The molecule has 1 unspecified atom stereocenters. The number of aromatic nitrogens is 1. The Hall–Kier alpha value is -1.62. The van der Waals surface area contributed by atoms with Gasteiger partial charge in [-0.15, -0.1) is 0 Å². The molecule has 2 rings (SSSR count). The number of nitrogens with zero attached hydrogens (tertiary/aromatic N) is 1. The van der Waals surface area contributed by atoms with Gasteiger partial charge in [-0.3, -0.25) is 4.79 Å². The minimum absolute atomic E-state index is 0.138. The summed E-state index contributed by atoms with van der Waals surface area (Å²) in [4.78, 5) is 16.1. The summed E-state index contributed by atoms with van der Waals surface area (Å²) in [5.41, 5.74) is 1.15. The molecule has 2 heterocycles. The molecule has 0 radical (unpaired) electrons. The lowest BCUT2D eigenvalue weighted by Crippen LogP contribution is -2.30. The van der Waals surface area contributed by atoms with Gasteiger partial charge in [-0.1, -0.05) is 6.07 Å². The Morgan fingerprint density at radius 3 is 3.05 bits per heavy atom. The van der Waals surface area contributed by atoms with E-state index in [1.165, 1.54) is 0 Å². The first-order chi connectivity index (χ1) is 10.2. The van der Waals surface area contributed by atoms with Gasteiger partial charge in [-0.05, 0) is 43.7 Å². The van der Waals surface area contributed by atoms with Crippen LogP contribution in [0.15, 0.2) is 18.3 Å². The predicted molar refractivity (Wildman–Crippen MR) is 83.3 cm³/mol. The number of hydrogen-bond donors (Lipinski definition) is 2. The Morgan fingerprint density at radius 1 is 1.43 bits per heavy atom. The summed E-state index contributed by atoms with van der Waals surface area (Å²) in [6.45, 7) is 5.10. The zero-order valence-electron chi connectivity index (χ0n) is 12.7. The number of carbonyl (C=O) groups is 1.